The van der Waals surface area contributed by atoms with E-state index in [2.05, 4.69) is 34.1 Å². The van der Waals surface area contributed by atoms with Gasteiger partial charge in [-0.15, -0.1) is 0 Å². The summed E-state index contributed by atoms with van der Waals surface area (Å²) >= 11 is 0. The Morgan fingerprint density at radius 2 is 1.72 bits per heavy atom. The monoisotopic (exact) mass is 491 g/mol. The summed E-state index contributed by atoms with van der Waals surface area (Å²) in [5.41, 5.74) is 2.27. The summed E-state index contributed by atoms with van der Waals surface area (Å²) in [5, 5.41) is 3.16. The van der Waals surface area contributed by atoms with Crippen LogP contribution in [-0.4, -0.2) is 35.7 Å². The number of unbranched alkanes of at least 4 members (excludes halogenated alkanes) is 3. The maximum absolute atomic E-state index is 12.3. The molecule has 0 spiro atoms. The maximum Gasteiger partial charge on any atom is 0.223 e. The number of hydrogen-bond acceptors (Lipinski definition) is 4. The van der Waals surface area contributed by atoms with E-state index in [9.17, 15) is 4.79 Å². The zero-order valence-corrected chi connectivity index (χ0v) is 21.7. The van der Waals surface area contributed by atoms with Crippen molar-refractivity contribution >= 4 is 16.9 Å². The van der Waals surface area contributed by atoms with Crippen LogP contribution < -0.4 is 14.8 Å². The van der Waals surface area contributed by atoms with Gasteiger partial charge in [-0.25, -0.2) is 4.98 Å². The fourth-order valence-corrected chi connectivity index (χ4v) is 5.16. The molecule has 1 aliphatic rings. The Kier molecular flexibility index (Phi) is 10.1. The first-order valence-electron chi connectivity index (χ1n) is 13.7. The van der Waals surface area contributed by atoms with E-state index in [1.807, 2.05) is 24.3 Å². The third-order valence-electron chi connectivity index (χ3n) is 7.19. The third kappa shape index (κ3) is 7.25. The van der Waals surface area contributed by atoms with Crippen LogP contribution in [0.3, 0.4) is 0 Å². The molecule has 2 aromatic carbocycles. The molecule has 194 valence electrons. The number of aromatic nitrogens is 2. The van der Waals surface area contributed by atoms with Crippen LogP contribution in [0.15, 0.2) is 48.5 Å². The molecule has 0 saturated heterocycles. The van der Waals surface area contributed by atoms with Gasteiger partial charge in [-0.2, -0.15) is 0 Å². The number of aryl methyl sites for hydroxylation is 2. The number of ether oxygens (including phenoxy) is 2. The number of carbonyl (C=O) groups is 1. The molecule has 0 bridgehead atoms. The van der Waals surface area contributed by atoms with E-state index in [-0.39, 0.29) is 11.8 Å². The third-order valence-corrected chi connectivity index (χ3v) is 7.19. The highest BCUT2D eigenvalue weighted by atomic mass is 16.5. The highest BCUT2D eigenvalue weighted by Gasteiger charge is 2.20. The number of rotatable bonds is 14. The van der Waals surface area contributed by atoms with Gasteiger partial charge in [0.25, 0.3) is 0 Å². The van der Waals surface area contributed by atoms with Gasteiger partial charge in [0.2, 0.25) is 5.91 Å². The molecule has 36 heavy (non-hydrogen) atoms. The Hall–Kier alpha value is -3.02. The second kappa shape index (κ2) is 13.9. The Morgan fingerprint density at radius 1 is 0.944 bits per heavy atom. The molecule has 1 fully saturated rings. The summed E-state index contributed by atoms with van der Waals surface area (Å²) < 4.78 is 13.7. The predicted molar refractivity (Wildman–Crippen MR) is 145 cm³/mol. The molecule has 0 radical (unpaired) electrons. The molecule has 6 heteroatoms. The van der Waals surface area contributed by atoms with Crippen LogP contribution in [0.25, 0.3) is 11.0 Å². The van der Waals surface area contributed by atoms with E-state index in [4.69, 9.17) is 14.5 Å². The number of benzene rings is 2. The van der Waals surface area contributed by atoms with Crippen LogP contribution in [0.5, 0.6) is 11.5 Å². The number of imidazole rings is 1. The largest absolute Gasteiger partial charge is 0.493 e. The summed E-state index contributed by atoms with van der Waals surface area (Å²) in [6.07, 6.45) is 12.0. The van der Waals surface area contributed by atoms with Crippen molar-refractivity contribution in [3.63, 3.8) is 0 Å². The molecule has 0 aliphatic heterocycles. The van der Waals surface area contributed by atoms with E-state index < -0.39 is 0 Å². The lowest BCUT2D eigenvalue weighted by Gasteiger charge is -2.20. The Labute approximate surface area is 215 Å². The molecule has 1 saturated carbocycles. The van der Waals surface area contributed by atoms with Crippen molar-refractivity contribution in [3.05, 3.63) is 54.4 Å². The van der Waals surface area contributed by atoms with Gasteiger partial charge in [0.05, 0.1) is 24.8 Å². The van der Waals surface area contributed by atoms with Gasteiger partial charge in [0.1, 0.15) is 5.82 Å². The van der Waals surface area contributed by atoms with Crippen LogP contribution in [0.4, 0.5) is 0 Å². The number of fused-ring (bicyclic) bond motifs is 1. The van der Waals surface area contributed by atoms with Gasteiger partial charge in [-0.05, 0) is 62.8 Å². The Bertz CT molecular complexity index is 1090. The Morgan fingerprint density at radius 3 is 2.56 bits per heavy atom. The number of methoxy groups -OCH3 is 1. The minimum absolute atomic E-state index is 0.249. The van der Waals surface area contributed by atoms with Gasteiger partial charge in [-0.3, -0.25) is 4.79 Å². The summed E-state index contributed by atoms with van der Waals surface area (Å²) in [6.45, 7) is 2.38. The van der Waals surface area contributed by atoms with Crippen LogP contribution in [0, 0.1) is 5.92 Å². The molecular weight excluding hydrogens is 450 g/mol. The summed E-state index contributed by atoms with van der Waals surface area (Å²) in [7, 11) is 1.67. The van der Waals surface area contributed by atoms with E-state index in [0.717, 1.165) is 87.3 Å². The van der Waals surface area contributed by atoms with Gasteiger partial charge in [0.15, 0.2) is 11.5 Å². The van der Waals surface area contributed by atoms with Crippen molar-refractivity contribution in [1.29, 1.82) is 0 Å². The zero-order valence-electron chi connectivity index (χ0n) is 21.7. The number of amides is 1. The molecule has 1 heterocycles. The van der Waals surface area contributed by atoms with E-state index in [1.54, 1.807) is 7.11 Å². The van der Waals surface area contributed by atoms with Crippen molar-refractivity contribution in [3.8, 4) is 11.5 Å². The topological polar surface area (TPSA) is 65.4 Å². The summed E-state index contributed by atoms with van der Waals surface area (Å²) in [6, 6.07) is 16.2. The lowest BCUT2D eigenvalue weighted by atomic mass is 9.89. The number of para-hydroxylation sites is 4. The molecule has 3 aromatic rings. The van der Waals surface area contributed by atoms with Gasteiger partial charge < -0.3 is 19.4 Å². The zero-order chi connectivity index (χ0) is 25.0. The fourth-order valence-electron chi connectivity index (χ4n) is 5.16. The molecule has 4 rings (SSSR count). The highest BCUT2D eigenvalue weighted by molar-refractivity contribution is 5.78. The number of nitrogens with zero attached hydrogens (tertiary/aromatic N) is 2. The van der Waals surface area contributed by atoms with Crippen LogP contribution in [0.2, 0.25) is 0 Å². The minimum Gasteiger partial charge on any atom is -0.493 e. The first-order chi connectivity index (χ1) is 17.8. The first-order valence-corrected chi connectivity index (χ1v) is 13.7. The second-order valence-electron chi connectivity index (χ2n) is 9.81. The fraction of sp³-hybridized carbons (Fsp3) is 0.533. The molecule has 6 nitrogen and oxygen atoms in total. The number of hydrogen-bond donors (Lipinski definition) is 1. The first kappa shape index (κ1) is 26.1. The average Bonchev–Trinajstić information content (AvgIpc) is 3.28. The number of carbonyl (C=O) groups excluding carboxylic acids is 1. The molecular formula is C30H41N3O3. The van der Waals surface area contributed by atoms with E-state index in [1.165, 1.54) is 24.8 Å². The second-order valence-corrected chi connectivity index (χ2v) is 9.81. The van der Waals surface area contributed by atoms with Crippen LogP contribution in [0.1, 0.15) is 70.0 Å². The van der Waals surface area contributed by atoms with Crippen molar-refractivity contribution in [2.24, 2.45) is 5.92 Å². The van der Waals surface area contributed by atoms with Crippen molar-refractivity contribution in [2.45, 2.75) is 77.2 Å². The van der Waals surface area contributed by atoms with Crippen molar-refractivity contribution < 1.29 is 14.3 Å². The molecule has 1 amide bonds. The smallest absolute Gasteiger partial charge is 0.223 e. The molecule has 0 atom stereocenters. The van der Waals surface area contributed by atoms with Crippen molar-refractivity contribution in [1.82, 2.24) is 14.9 Å². The van der Waals surface area contributed by atoms with Gasteiger partial charge in [0, 0.05) is 25.4 Å². The Balaban J connectivity index is 1.20. The highest BCUT2D eigenvalue weighted by Crippen LogP contribution is 2.26. The van der Waals surface area contributed by atoms with Crippen LogP contribution in [-0.2, 0) is 17.8 Å². The van der Waals surface area contributed by atoms with Crippen molar-refractivity contribution in [2.75, 3.05) is 20.3 Å². The van der Waals surface area contributed by atoms with E-state index in [0.29, 0.717) is 6.61 Å². The average molecular weight is 492 g/mol. The van der Waals surface area contributed by atoms with E-state index >= 15 is 0 Å². The summed E-state index contributed by atoms with van der Waals surface area (Å²) in [4.78, 5) is 17.3. The van der Waals surface area contributed by atoms with Gasteiger partial charge in [-0.1, -0.05) is 49.9 Å². The molecule has 1 aliphatic carbocycles. The normalized spacial score (nSPS) is 14.1. The SMILES string of the molecule is COc1ccccc1OCCCCn1c(CCCCCNC(=O)C2CCCCC2)nc2ccccc21. The quantitative estimate of drug-likeness (QED) is 0.268. The lowest BCUT2D eigenvalue weighted by Crippen LogP contribution is -2.32. The number of nitrogens with one attached hydrogen (secondary N) is 1. The molecule has 0 unspecified atom stereocenters. The predicted octanol–water partition coefficient (Wildman–Crippen LogP) is 6.31. The molecule has 1 N–H and O–H groups in total. The standard InChI is InChI=1S/C30H41N3O3/c1-35-27-18-9-10-19-28(27)36-23-13-12-22-33-26-17-8-7-16-25(26)32-29(33)20-6-3-11-21-31-30(34)24-14-4-2-5-15-24/h7-10,16-19,24H,2-6,11-15,20-23H2,1H3,(H,31,34). The van der Waals surface area contributed by atoms with Gasteiger partial charge >= 0.3 is 0 Å². The van der Waals surface area contributed by atoms with Crippen LogP contribution >= 0.6 is 0 Å². The lowest BCUT2D eigenvalue weighted by molar-refractivity contribution is -0.125. The minimum atomic E-state index is 0.249. The maximum atomic E-state index is 12.3. The molecule has 1 aromatic heterocycles. The summed E-state index contributed by atoms with van der Waals surface area (Å²) in [5.74, 6) is 3.25.